The standard InChI is InChI=1S/C15H16N6O3/c16-14(23)20(18)10-5-3-4-9(8-10)13(22)11-6-1-2-7-12(11)21(19)15(17)24/h1-8H,18-19H2,(H2,16,23)(H2,17,24). The smallest absolute Gasteiger partial charge is 0.333 e. The molecule has 2 aromatic rings. The highest BCUT2D eigenvalue weighted by molar-refractivity contribution is 6.14. The third-order valence-corrected chi connectivity index (χ3v) is 3.27. The molecule has 4 amide bonds. The summed E-state index contributed by atoms with van der Waals surface area (Å²) in [6, 6.07) is 10.4. The van der Waals surface area contributed by atoms with Crippen molar-refractivity contribution in [2.75, 3.05) is 10.0 Å². The van der Waals surface area contributed by atoms with Crippen LogP contribution in [0, 0.1) is 0 Å². The van der Waals surface area contributed by atoms with Gasteiger partial charge in [0.05, 0.1) is 11.4 Å². The lowest BCUT2D eigenvalue weighted by molar-refractivity contribution is 0.103. The van der Waals surface area contributed by atoms with Crippen LogP contribution in [0.1, 0.15) is 15.9 Å². The van der Waals surface area contributed by atoms with E-state index in [2.05, 4.69) is 0 Å². The van der Waals surface area contributed by atoms with Crippen LogP contribution in [0.2, 0.25) is 0 Å². The summed E-state index contributed by atoms with van der Waals surface area (Å²) in [5.41, 5.74) is 11.0. The molecule has 9 nitrogen and oxygen atoms in total. The Kier molecular flexibility index (Phi) is 4.78. The summed E-state index contributed by atoms with van der Waals surface area (Å²) in [6.07, 6.45) is 0. The fourth-order valence-corrected chi connectivity index (χ4v) is 2.07. The molecule has 124 valence electrons. The Hall–Kier alpha value is -3.43. The van der Waals surface area contributed by atoms with Gasteiger partial charge in [0, 0.05) is 11.1 Å². The van der Waals surface area contributed by atoms with Crippen LogP contribution < -0.4 is 33.2 Å². The van der Waals surface area contributed by atoms with Gasteiger partial charge in [0.1, 0.15) is 0 Å². The molecule has 0 unspecified atom stereocenters. The van der Waals surface area contributed by atoms with Crippen LogP contribution in [-0.2, 0) is 0 Å². The highest BCUT2D eigenvalue weighted by Gasteiger charge is 2.19. The average Bonchev–Trinajstić information content (AvgIpc) is 2.59. The van der Waals surface area contributed by atoms with E-state index in [1.54, 1.807) is 18.2 Å². The Morgan fingerprint density at radius 3 is 2.04 bits per heavy atom. The van der Waals surface area contributed by atoms with Gasteiger partial charge in [-0.15, -0.1) is 0 Å². The Morgan fingerprint density at radius 1 is 0.792 bits per heavy atom. The molecule has 0 aromatic heterocycles. The lowest BCUT2D eigenvalue weighted by atomic mass is 10.0. The molecular formula is C15H16N6O3. The van der Waals surface area contributed by atoms with E-state index in [-0.39, 0.29) is 22.5 Å². The largest absolute Gasteiger partial charge is 0.350 e. The number of ketones is 1. The van der Waals surface area contributed by atoms with Crippen molar-refractivity contribution in [3.8, 4) is 0 Å². The molecule has 24 heavy (non-hydrogen) atoms. The van der Waals surface area contributed by atoms with E-state index in [9.17, 15) is 14.4 Å². The first-order valence-electron chi connectivity index (χ1n) is 6.75. The molecule has 0 saturated heterocycles. The minimum absolute atomic E-state index is 0.153. The molecule has 0 atom stereocenters. The highest BCUT2D eigenvalue weighted by atomic mass is 16.2. The summed E-state index contributed by atoms with van der Waals surface area (Å²) in [7, 11) is 0. The van der Waals surface area contributed by atoms with Crippen LogP contribution in [0.25, 0.3) is 0 Å². The third kappa shape index (κ3) is 3.32. The van der Waals surface area contributed by atoms with Gasteiger partial charge in [0.25, 0.3) is 0 Å². The van der Waals surface area contributed by atoms with Crippen molar-refractivity contribution in [2.24, 2.45) is 23.2 Å². The first-order chi connectivity index (χ1) is 11.3. The number of hydrazine groups is 2. The number of carbonyl (C=O) groups is 3. The van der Waals surface area contributed by atoms with Gasteiger partial charge in [-0.25, -0.2) is 31.3 Å². The molecular weight excluding hydrogens is 312 g/mol. The molecule has 0 heterocycles. The lowest BCUT2D eigenvalue weighted by Gasteiger charge is -2.18. The molecule has 8 N–H and O–H groups in total. The molecule has 0 radical (unpaired) electrons. The Morgan fingerprint density at radius 2 is 1.42 bits per heavy atom. The molecule has 0 spiro atoms. The van der Waals surface area contributed by atoms with Crippen LogP contribution in [0.3, 0.4) is 0 Å². The van der Waals surface area contributed by atoms with Gasteiger partial charge < -0.3 is 11.5 Å². The number of benzene rings is 2. The van der Waals surface area contributed by atoms with Crippen molar-refractivity contribution in [3.05, 3.63) is 59.7 Å². The molecule has 0 fully saturated rings. The van der Waals surface area contributed by atoms with Gasteiger partial charge in [0.15, 0.2) is 5.78 Å². The van der Waals surface area contributed by atoms with Crippen LogP contribution in [-0.4, -0.2) is 17.8 Å². The molecule has 9 heteroatoms. The first-order valence-corrected chi connectivity index (χ1v) is 6.75. The van der Waals surface area contributed by atoms with Crippen molar-refractivity contribution < 1.29 is 14.4 Å². The number of nitrogens with zero attached hydrogens (tertiary/aromatic N) is 2. The number of rotatable bonds is 4. The van der Waals surface area contributed by atoms with Gasteiger partial charge in [-0.3, -0.25) is 4.79 Å². The SMILES string of the molecule is NC(=O)N(N)c1cccc(C(=O)c2ccccc2N(N)C(N)=O)c1. The fraction of sp³-hybridized carbons (Fsp3) is 0. The monoisotopic (exact) mass is 328 g/mol. The van der Waals surface area contributed by atoms with Crippen molar-refractivity contribution in [3.63, 3.8) is 0 Å². The maximum absolute atomic E-state index is 12.7. The molecule has 0 saturated carbocycles. The van der Waals surface area contributed by atoms with Crippen LogP contribution in [0.4, 0.5) is 21.0 Å². The van der Waals surface area contributed by atoms with E-state index in [4.69, 9.17) is 23.2 Å². The number of hydrogen-bond donors (Lipinski definition) is 4. The second kappa shape index (κ2) is 6.77. The minimum Gasteiger partial charge on any atom is -0.350 e. The van der Waals surface area contributed by atoms with Gasteiger partial charge in [-0.05, 0) is 24.3 Å². The van der Waals surface area contributed by atoms with Crippen LogP contribution in [0.5, 0.6) is 0 Å². The number of anilines is 2. The van der Waals surface area contributed by atoms with E-state index >= 15 is 0 Å². The van der Waals surface area contributed by atoms with E-state index in [1.807, 2.05) is 0 Å². The number of nitrogens with two attached hydrogens (primary N) is 4. The summed E-state index contributed by atoms with van der Waals surface area (Å²) >= 11 is 0. The quantitative estimate of drug-likeness (QED) is 0.276. The number of para-hydroxylation sites is 1. The molecule has 0 bridgehead atoms. The van der Waals surface area contributed by atoms with Gasteiger partial charge in [-0.1, -0.05) is 24.3 Å². The average molecular weight is 328 g/mol. The predicted octanol–water partition coefficient (Wildman–Crippen LogP) is 0.435. The zero-order chi connectivity index (χ0) is 17.9. The maximum atomic E-state index is 12.7. The van der Waals surface area contributed by atoms with Crippen molar-refractivity contribution >= 4 is 29.2 Å². The van der Waals surface area contributed by atoms with E-state index in [0.29, 0.717) is 10.0 Å². The van der Waals surface area contributed by atoms with Gasteiger partial charge >= 0.3 is 12.1 Å². The lowest BCUT2D eigenvalue weighted by Crippen LogP contribution is -2.42. The molecule has 0 aliphatic carbocycles. The maximum Gasteiger partial charge on any atom is 0.333 e. The second-order valence-corrected chi connectivity index (χ2v) is 4.81. The molecule has 2 aromatic carbocycles. The number of urea groups is 2. The summed E-state index contributed by atoms with van der Waals surface area (Å²) in [5.74, 6) is 10.7. The zero-order valence-electron chi connectivity index (χ0n) is 12.5. The summed E-state index contributed by atoms with van der Waals surface area (Å²) in [5, 5.41) is 1.39. The molecule has 0 aliphatic rings. The van der Waals surface area contributed by atoms with Crippen molar-refractivity contribution in [1.82, 2.24) is 0 Å². The Bertz CT molecular complexity index is 807. The van der Waals surface area contributed by atoms with Crippen LogP contribution in [0.15, 0.2) is 48.5 Å². The van der Waals surface area contributed by atoms with Gasteiger partial charge in [0.2, 0.25) is 0 Å². The van der Waals surface area contributed by atoms with Crippen molar-refractivity contribution in [2.45, 2.75) is 0 Å². The normalized spacial score (nSPS) is 10.1. The van der Waals surface area contributed by atoms with Crippen LogP contribution >= 0.6 is 0 Å². The number of hydrogen-bond acceptors (Lipinski definition) is 5. The zero-order valence-corrected chi connectivity index (χ0v) is 12.5. The highest BCUT2D eigenvalue weighted by Crippen LogP contribution is 2.23. The Labute approximate surface area is 137 Å². The molecule has 0 aliphatic heterocycles. The molecule has 2 rings (SSSR count). The van der Waals surface area contributed by atoms with Gasteiger partial charge in [-0.2, -0.15) is 0 Å². The fourth-order valence-electron chi connectivity index (χ4n) is 2.07. The first kappa shape index (κ1) is 16.9. The Balaban J connectivity index is 2.45. The summed E-state index contributed by atoms with van der Waals surface area (Å²) in [6.45, 7) is 0. The van der Waals surface area contributed by atoms with E-state index in [1.165, 1.54) is 30.3 Å². The number of carbonyl (C=O) groups excluding carboxylic acids is 3. The summed E-state index contributed by atoms with van der Waals surface area (Å²) in [4.78, 5) is 35.1. The second-order valence-electron chi connectivity index (χ2n) is 4.81. The summed E-state index contributed by atoms with van der Waals surface area (Å²) < 4.78 is 0. The van der Waals surface area contributed by atoms with E-state index < -0.39 is 17.8 Å². The minimum atomic E-state index is -0.911. The van der Waals surface area contributed by atoms with Crippen molar-refractivity contribution in [1.29, 1.82) is 0 Å². The predicted molar refractivity (Wildman–Crippen MR) is 88.8 cm³/mol. The number of amides is 4. The third-order valence-electron chi connectivity index (χ3n) is 3.27. The number of primary amides is 2. The topological polar surface area (TPSA) is 162 Å². The van der Waals surface area contributed by atoms with E-state index in [0.717, 1.165) is 0 Å².